The first-order valence-corrected chi connectivity index (χ1v) is 9.49. The van der Waals surface area contributed by atoms with Gasteiger partial charge in [-0.15, -0.1) is 24.0 Å². The summed E-state index contributed by atoms with van der Waals surface area (Å²) < 4.78 is 4.86. The highest BCUT2D eigenvalue weighted by atomic mass is 127. The van der Waals surface area contributed by atoms with E-state index in [1.165, 1.54) is 13.5 Å². The third kappa shape index (κ3) is 9.08. The summed E-state index contributed by atoms with van der Waals surface area (Å²) >= 11 is 0. The molecule has 1 fully saturated rings. The summed E-state index contributed by atoms with van der Waals surface area (Å²) in [6, 6.07) is 0. The molecule has 0 spiro atoms. The molecular formula is C18H37IN4O2. The average Bonchev–Trinajstić information content (AvgIpc) is 2.63. The van der Waals surface area contributed by atoms with Crippen LogP contribution < -0.4 is 5.32 Å². The lowest BCUT2D eigenvalue weighted by Gasteiger charge is -2.33. The highest BCUT2D eigenvalue weighted by molar-refractivity contribution is 14.0. The van der Waals surface area contributed by atoms with Crippen molar-refractivity contribution in [3.63, 3.8) is 0 Å². The van der Waals surface area contributed by atoms with E-state index in [9.17, 15) is 4.79 Å². The van der Waals surface area contributed by atoms with Gasteiger partial charge in [-0.2, -0.15) is 0 Å². The van der Waals surface area contributed by atoms with E-state index in [0.717, 1.165) is 71.0 Å². The van der Waals surface area contributed by atoms with Crippen LogP contribution in [0.2, 0.25) is 0 Å². The number of hydrogen-bond donors (Lipinski definition) is 1. The Kier molecular flexibility index (Phi) is 14.3. The third-order valence-electron chi connectivity index (χ3n) is 4.70. The Labute approximate surface area is 170 Å². The largest absolute Gasteiger partial charge is 0.469 e. The van der Waals surface area contributed by atoms with E-state index in [-0.39, 0.29) is 35.9 Å². The fourth-order valence-corrected chi connectivity index (χ4v) is 3.09. The summed E-state index contributed by atoms with van der Waals surface area (Å²) in [6.07, 6.45) is 4.00. The molecule has 1 rings (SSSR count). The molecule has 0 radical (unpaired) electrons. The number of nitrogens with zero attached hydrogens (tertiary/aromatic N) is 3. The zero-order valence-corrected chi connectivity index (χ0v) is 18.8. The molecule has 6 nitrogen and oxygen atoms in total. The summed E-state index contributed by atoms with van der Waals surface area (Å²) in [4.78, 5) is 21.1. The van der Waals surface area contributed by atoms with Gasteiger partial charge in [-0.1, -0.05) is 13.8 Å². The highest BCUT2D eigenvalue weighted by Crippen LogP contribution is 2.18. The lowest BCUT2D eigenvalue weighted by molar-refractivity contribution is -0.146. The maximum atomic E-state index is 11.6. The van der Waals surface area contributed by atoms with Gasteiger partial charge in [0.05, 0.1) is 13.0 Å². The van der Waals surface area contributed by atoms with Crippen LogP contribution in [-0.2, 0) is 9.53 Å². The first kappa shape index (κ1) is 24.4. The molecule has 0 bridgehead atoms. The zero-order chi connectivity index (χ0) is 17.8. The molecule has 7 heteroatoms. The van der Waals surface area contributed by atoms with Crippen molar-refractivity contribution in [3.05, 3.63) is 0 Å². The number of esters is 1. The fraction of sp³-hybridized carbons (Fsp3) is 0.889. The van der Waals surface area contributed by atoms with Crippen molar-refractivity contribution in [2.75, 3.05) is 52.9 Å². The second kappa shape index (κ2) is 14.6. The number of piperidine rings is 1. The third-order valence-corrected chi connectivity index (χ3v) is 4.70. The number of likely N-dealkylation sites (tertiary alicyclic amines) is 1. The zero-order valence-electron chi connectivity index (χ0n) is 16.4. The Morgan fingerprint density at radius 3 is 2.36 bits per heavy atom. The van der Waals surface area contributed by atoms with Crippen molar-refractivity contribution < 1.29 is 9.53 Å². The molecule has 1 aliphatic rings. The monoisotopic (exact) mass is 468 g/mol. The van der Waals surface area contributed by atoms with Crippen LogP contribution in [0.15, 0.2) is 4.99 Å². The quantitative estimate of drug-likeness (QED) is 0.185. The molecule has 0 saturated carbocycles. The molecule has 0 unspecified atom stereocenters. The van der Waals surface area contributed by atoms with Gasteiger partial charge in [-0.3, -0.25) is 9.79 Å². The molecule has 0 atom stereocenters. The van der Waals surface area contributed by atoms with Crippen LogP contribution in [0, 0.1) is 5.92 Å². The predicted molar refractivity (Wildman–Crippen MR) is 115 cm³/mol. The molecule has 1 aliphatic heterocycles. The minimum Gasteiger partial charge on any atom is -0.469 e. The van der Waals surface area contributed by atoms with Gasteiger partial charge in [-0.05, 0) is 52.2 Å². The Morgan fingerprint density at radius 2 is 1.84 bits per heavy atom. The normalized spacial score (nSPS) is 15.9. The lowest BCUT2D eigenvalue weighted by Crippen LogP contribution is -2.46. The Hall–Kier alpha value is -0.570. The maximum absolute atomic E-state index is 11.6. The van der Waals surface area contributed by atoms with Crippen LogP contribution >= 0.6 is 24.0 Å². The van der Waals surface area contributed by atoms with Gasteiger partial charge in [0, 0.05) is 26.2 Å². The number of carbonyl (C=O) groups is 1. The van der Waals surface area contributed by atoms with Gasteiger partial charge >= 0.3 is 5.97 Å². The second-order valence-electron chi connectivity index (χ2n) is 6.25. The number of aliphatic imine (C=N–C) groups is 1. The van der Waals surface area contributed by atoms with Crippen molar-refractivity contribution in [2.45, 2.75) is 46.5 Å². The number of halogens is 1. The first-order valence-electron chi connectivity index (χ1n) is 9.49. The van der Waals surface area contributed by atoms with Gasteiger partial charge in [0.1, 0.15) is 0 Å². The van der Waals surface area contributed by atoms with E-state index in [1.807, 2.05) is 0 Å². The Balaban J connectivity index is 0.00000576. The Morgan fingerprint density at radius 1 is 1.20 bits per heavy atom. The number of carbonyl (C=O) groups excluding carboxylic acids is 1. The number of hydrogen-bond acceptors (Lipinski definition) is 4. The number of ether oxygens (including phenoxy) is 1. The fourth-order valence-electron chi connectivity index (χ4n) is 3.09. The van der Waals surface area contributed by atoms with Crippen LogP contribution in [0.5, 0.6) is 0 Å². The van der Waals surface area contributed by atoms with Crippen LogP contribution in [0.4, 0.5) is 0 Å². The van der Waals surface area contributed by atoms with E-state index in [0.29, 0.717) is 0 Å². The Bertz CT molecular complexity index is 381. The molecule has 0 amide bonds. The van der Waals surface area contributed by atoms with Crippen molar-refractivity contribution in [3.8, 4) is 0 Å². The molecule has 0 aromatic carbocycles. The van der Waals surface area contributed by atoms with Crippen molar-refractivity contribution in [1.82, 2.24) is 15.1 Å². The van der Waals surface area contributed by atoms with Gasteiger partial charge < -0.3 is 19.9 Å². The molecule has 1 heterocycles. The topological polar surface area (TPSA) is 57.2 Å². The van der Waals surface area contributed by atoms with E-state index < -0.39 is 0 Å². The minimum atomic E-state index is -0.0759. The minimum absolute atomic E-state index is 0. The van der Waals surface area contributed by atoms with E-state index in [4.69, 9.17) is 9.73 Å². The predicted octanol–water partition coefficient (Wildman–Crippen LogP) is 2.58. The van der Waals surface area contributed by atoms with Crippen LogP contribution in [0.25, 0.3) is 0 Å². The van der Waals surface area contributed by atoms with Crippen LogP contribution in [0.1, 0.15) is 46.5 Å². The average molecular weight is 468 g/mol. The van der Waals surface area contributed by atoms with Crippen molar-refractivity contribution in [1.29, 1.82) is 0 Å². The van der Waals surface area contributed by atoms with Gasteiger partial charge in [0.15, 0.2) is 5.96 Å². The molecule has 25 heavy (non-hydrogen) atoms. The number of rotatable bonds is 9. The summed E-state index contributed by atoms with van der Waals surface area (Å²) in [5, 5.41) is 3.38. The molecule has 1 N–H and O–H groups in total. The van der Waals surface area contributed by atoms with E-state index in [1.54, 1.807) is 0 Å². The first-order chi connectivity index (χ1) is 11.7. The number of unbranched alkanes of at least 4 members (excludes halogenated alkanes) is 1. The van der Waals surface area contributed by atoms with Crippen molar-refractivity contribution in [2.24, 2.45) is 10.9 Å². The second-order valence-corrected chi connectivity index (χ2v) is 6.25. The molecule has 0 aromatic heterocycles. The molecule has 1 saturated heterocycles. The molecule has 148 valence electrons. The standard InChI is InChI=1S/C18H36N4O2.HI/c1-5-19-18(20-12-8-9-13-21(6-2)7-3)22-14-10-16(11-15-22)17(23)24-4;/h16H,5-15H2,1-4H3,(H,19,20);1H. The summed E-state index contributed by atoms with van der Waals surface area (Å²) in [5.41, 5.74) is 0. The van der Waals surface area contributed by atoms with E-state index >= 15 is 0 Å². The number of guanidine groups is 1. The molecular weight excluding hydrogens is 431 g/mol. The van der Waals surface area contributed by atoms with Crippen molar-refractivity contribution >= 4 is 35.9 Å². The van der Waals surface area contributed by atoms with Gasteiger partial charge in [0.2, 0.25) is 0 Å². The lowest BCUT2D eigenvalue weighted by atomic mass is 9.97. The highest BCUT2D eigenvalue weighted by Gasteiger charge is 2.26. The van der Waals surface area contributed by atoms with E-state index in [2.05, 4.69) is 35.9 Å². The summed E-state index contributed by atoms with van der Waals surface area (Å²) in [5.74, 6) is 0.958. The van der Waals surface area contributed by atoms with Gasteiger partial charge in [-0.25, -0.2) is 0 Å². The SMILES string of the molecule is CCNC(=NCCCCN(CC)CC)N1CCC(C(=O)OC)CC1.I. The number of nitrogens with one attached hydrogen (secondary N) is 1. The molecule has 0 aromatic rings. The number of methoxy groups -OCH3 is 1. The molecule has 0 aliphatic carbocycles. The smallest absolute Gasteiger partial charge is 0.308 e. The maximum Gasteiger partial charge on any atom is 0.308 e. The summed E-state index contributed by atoms with van der Waals surface area (Å²) in [6.45, 7) is 13.4. The van der Waals surface area contributed by atoms with Crippen LogP contribution in [0.3, 0.4) is 0 Å². The van der Waals surface area contributed by atoms with Crippen LogP contribution in [-0.4, -0.2) is 74.7 Å². The van der Waals surface area contributed by atoms with Gasteiger partial charge in [0.25, 0.3) is 0 Å². The summed E-state index contributed by atoms with van der Waals surface area (Å²) in [7, 11) is 1.47.